The maximum atomic E-state index is 13.7. The largest absolute Gasteiger partial charge is 0.507 e. The lowest BCUT2D eigenvalue weighted by Gasteiger charge is -2.10. The van der Waals surface area contributed by atoms with Crippen LogP contribution in [0.2, 0.25) is 0 Å². The van der Waals surface area contributed by atoms with Crippen LogP contribution in [0.4, 0.5) is 4.39 Å². The van der Waals surface area contributed by atoms with Gasteiger partial charge in [0.2, 0.25) is 0 Å². The van der Waals surface area contributed by atoms with E-state index in [2.05, 4.69) is 31.9 Å². The lowest BCUT2D eigenvalue weighted by atomic mass is 10.0. The Bertz CT molecular complexity index is 451. The Hall–Kier alpha value is -0.870. The minimum absolute atomic E-state index is 0.0418. The van der Waals surface area contributed by atoms with E-state index >= 15 is 0 Å². The first kappa shape index (κ1) is 11.6. The van der Waals surface area contributed by atoms with Crippen LogP contribution in [0.1, 0.15) is 0 Å². The topological polar surface area (TPSA) is 20.2 Å². The van der Waals surface area contributed by atoms with Crippen molar-refractivity contribution < 1.29 is 9.50 Å². The molecule has 0 aliphatic heterocycles. The normalized spacial score (nSPS) is 10.4. The van der Waals surface area contributed by atoms with E-state index in [0.29, 0.717) is 20.1 Å². The summed E-state index contributed by atoms with van der Waals surface area (Å²) in [7, 11) is 0. The van der Waals surface area contributed by atoms with E-state index in [1.54, 1.807) is 24.3 Å². The zero-order chi connectivity index (χ0) is 11.7. The summed E-state index contributed by atoms with van der Waals surface area (Å²) < 4.78 is 15.0. The van der Waals surface area contributed by atoms with Crippen LogP contribution in [-0.2, 0) is 0 Å². The van der Waals surface area contributed by atoms with Crippen molar-refractivity contribution >= 4 is 31.9 Å². The lowest BCUT2D eigenvalue weighted by Crippen LogP contribution is -1.88. The Morgan fingerprint density at radius 3 is 2.00 bits per heavy atom. The van der Waals surface area contributed by atoms with Crippen molar-refractivity contribution in [1.29, 1.82) is 0 Å². The smallest absolute Gasteiger partial charge is 0.132 e. The minimum atomic E-state index is -0.378. The predicted molar refractivity (Wildman–Crippen MR) is 68.9 cm³/mol. The Balaban J connectivity index is 2.77. The summed E-state index contributed by atoms with van der Waals surface area (Å²) in [4.78, 5) is 0. The number of aromatic hydroxyl groups is 1. The standard InChI is InChI=1S/C12H7Br2FO/c13-7-3-1-5-9(15)11(7)12-8(14)4-2-6-10(12)16/h1-6,16H. The fourth-order valence-electron chi connectivity index (χ4n) is 1.50. The van der Waals surface area contributed by atoms with Crippen LogP contribution in [0.25, 0.3) is 11.1 Å². The average Bonchev–Trinajstić information content (AvgIpc) is 2.21. The Labute approximate surface area is 109 Å². The molecule has 0 fully saturated rings. The highest BCUT2D eigenvalue weighted by Crippen LogP contribution is 2.40. The molecule has 2 rings (SSSR count). The van der Waals surface area contributed by atoms with Crippen molar-refractivity contribution in [3.8, 4) is 16.9 Å². The van der Waals surface area contributed by atoms with Crippen LogP contribution in [-0.4, -0.2) is 5.11 Å². The molecule has 0 amide bonds. The number of halogens is 3. The molecule has 0 aromatic heterocycles. The Morgan fingerprint density at radius 1 is 0.875 bits per heavy atom. The van der Waals surface area contributed by atoms with Crippen molar-refractivity contribution in [2.24, 2.45) is 0 Å². The van der Waals surface area contributed by atoms with E-state index in [0.717, 1.165) is 0 Å². The molecule has 0 bridgehead atoms. The van der Waals surface area contributed by atoms with Crippen LogP contribution < -0.4 is 0 Å². The summed E-state index contributed by atoms with van der Waals surface area (Å²) in [5.74, 6) is -0.336. The van der Waals surface area contributed by atoms with Gasteiger partial charge in [-0.05, 0) is 24.3 Å². The van der Waals surface area contributed by atoms with Gasteiger partial charge in [0.15, 0.2) is 0 Å². The van der Waals surface area contributed by atoms with Crippen molar-refractivity contribution in [2.75, 3.05) is 0 Å². The number of phenols is 1. The lowest BCUT2D eigenvalue weighted by molar-refractivity contribution is 0.476. The highest BCUT2D eigenvalue weighted by molar-refractivity contribution is 9.11. The molecule has 0 heterocycles. The highest BCUT2D eigenvalue weighted by Gasteiger charge is 2.15. The van der Waals surface area contributed by atoms with Gasteiger partial charge in [-0.15, -0.1) is 0 Å². The zero-order valence-corrected chi connectivity index (χ0v) is 11.2. The monoisotopic (exact) mass is 344 g/mol. The van der Waals surface area contributed by atoms with Gasteiger partial charge in [-0.25, -0.2) is 4.39 Å². The number of phenolic OH excluding ortho intramolecular Hbond substituents is 1. The van der Waals surface area contributed by atoms with Gasteiger partial charge in [0.25, 0.3) is 0 Å². The van der Waals surface area contributed by atoms with E-state index in [4.69, 9.17) is 0 Å². The molecule has 0 spiro atoms. The fraction of sp³-hybridized carbons (Fsp3) is 0. The van der Waals surface area contributed by atoms with Crippen LogP contribution in [0.15, 0.2) is 45.3 Å². The van der Waals surface area contributed by atoms with Crippen LogP contribution in [0, 0.1) is 5.82 Å². The molecule has 0 saturated carbocycles. The molecule has 0 saturated heterocycles. The molecule has 0 atom stereocenters. The second-order valence-corrected chi connectivity index (χ2v) is 4.94. The van der Waals surface area contributed by atoms with Gasteiger partial charge in [-0.2, -0.15) is 0 Å². The van der Waals surface area contributed by atoms with E-state index < -0.39 is 0 Å². The fourth-order valence-corrected chi connectivity index (χ4v) is 2.59. The predicted octanol–water partition coefficient (Wildman–Crippen LogP) is 4.72. The zero-order valence-electron chi connectivity index (χ0n) is 8.05. The molecule has 0 aliphatic rings. The highest BCUT2D eigenvalue weighted by atomic mass is 79.9. The third-order valence-electron chi connectivity index (χ3n) is 2.20. The van der Waals surface area contributed by atoms with E-state index in [9.17, 15) is 9.50 Å². The quantitative estimate of drug-likeness (QED) is 0.792. The van der Waals surface area contributed by atoms with Crippen molar-refractivity contribution in [3.05, 3.63) is 51.2 Å². The van der Waals surface area contributed by atoms with Crippen molar-refractivity contribution in [1.82, 2.24) is 0 Å². The van der Waals surface area contributed by atoms with Gasteiger partial charge in [0.05, 0.1) is 0 Å². The molecule has 4 heteroatoms. The number of benzene rings is 2. The van der Waals surface area contributed by atoms with Crippen LogP contribution in [0.5, 0.6) is 5.75 Å². The summed E-state index contributed by atoms with van der Waals surface area (Å²) in [6, 6.07) is 9.68. The van der Waals surface area contributed by atoms with Gasteiger partial charge >= 0.3 is 0 Å². The van der Waals surface area contributed by atoms with Crippen molar-refractivity contribution in [2.45, 2.75) is 0 Å². The summed E-state index contributed by atoms with van der Waals surface area (Å²) in [6.07, 6.45) is 0. The molecule has 1 N–H and O–H groups in total. The van der Waals surface area contributed by atoms with E-state index in [1.165, 1.54) is 12.1 Å². The van der Waals surface area contributed by atoms with Gasteiger partial charge in [0, 0.05) is 20.1 Å². The summed E-state index contributed by atoms with van der Waals surface area (Å²) in [5.41, 5.74) is 0.806. The first-order valence-corrected chi connectivity index (χ1v) is 6.11. The van der Waals surface area contributed by atoms with Gasteiger partial charge in [0.1, 0.15) is 11.6 Å². The van der Waals surface area contributed by atoms with Crippen LogP contribution >= 0.6 is 31.9 Å². The summed E-state index contributed by atoms with van der Waals surface area (Å²) in [5, 5.41) is 9.78. The molecule has 2 aromatic carbocycles. The Morgan fingerprint density at radius 2 is 1.44 bits per heavy atom. The summed E-state index contributed by atoms with van der Waals surface area (Å²) >= 11 is 6.58. The first-order valence-electron chi connectivity index (χ1n) is 4.53. The molecule has 2 aromatic rings. The molecule has 0 aliphatic carbocycles. The maximum absolute atomic E-state index is 13.7. The molecule has 1 nitrogen and oxygen atoms in total. The second kappa shape index (κ2) is 4.55. The Kier molecular flexibility index (Phi) is 3.30. The number of hydrogen-bond donors (Lipinski definition) is 1. The molecular weight excluding hydrogens is 339 g/mol. The third kappa shape index (κ3) is 1.99. The van der Waals surface area contributed by atoms with Crippen LogP contribution in [0.3, 0.4) is 0 Å². The molecule has 0 radical (unpaired) electrons. The van der Waals surface area contributed by atoms with E-state index in [-0.39, 0.29) is 11.6 Å². The maximum Gasteiger partial charge on any atom is 0.132 e. The third-order valence-corrected chi connectivity index (χ3v) is 3.53. The SMILES string of the molecule is Oc1cccc(Br)c1-c1c(F)cccc1Br. The van der Waals surface area contributed by atoms with Gasteiger partial charge in [-0.1, -0.05) is 44.0 Å². The average molecular weight is 346 g/mol. The molecular formula is C12H7Br2FO. The summed E-state index contributed by atoms with van der Waals surface area (Å²) in [6.45, 7) is 0. The van der Waals surface area contributed by atoms with E-state index in [1.807, 2.05) is 0 Å². The molecule has 16 heavy (non-hydrogen) atoms. The molecule has 82 valence electrons. The van der Waals surface area contributed by atoms with Crippen molar-refractivity contribution in [3.63, 3.8) is 0 Å². The van der Waals surface area contributed by atoms with Gasteiger partial charge < -0.3 is 5.11 Å². The number of hydrogen-bond acceptors (Lipinski definition) is 1. The number of rotatable bonds is 1. The minimum Gasteiger partial charge on any atom is -0.507 e. The first-order chi connectivity index (χ1) is 7.61. The van der Waals surface area contributed by atoms with Gasteiger partial charge in [-0.3, -0.25) is 0 Å². The second-order valence-electron chi connectivity index (χ2n) is 3.23. The molecule has 0 unspecified atom stereocenters.